The quantitative estimate of drug-likeness (QED) is 0.711. The molecule has 27 heavy (non-hydrogen) atoms. The molecule has 0 saturated carbocycles. The van der Waals surface area contributed by atoms with Crippen molar-refractivity contribution in [3.63, 3.8) is 0 Å². The van der Waals surface area contributed by atoms with E-state index in [4.69, 9.17) is 0 Å². The molecule has 0 aliphatic rings. The van der Waals surface area contributed by atoms with E-state index >= 15 is 0 Å². The molecule has 0 N–H and O–H groups in total. The molecule has 0 amide bonds. The van der Waals surface area contributed by atoms with Crippen LogP contribution >= 0.6 is 0 Å². The lowest BCUT2D eigenvalue weighted by Gasteiger charge is -2.37. The molecular weight excluding hydrogens is 332 g/mol. The van der Waals surface area contributed by atoms with Crippen LogP contribution in [-0.4, -0.2) is 38.0 Å². The van der Waals surface area contributed by atoms with E-state index in [0.717, 1.165) is 17.5 Å². The highest BCUT2D eigenvalue weighted by molar-refractivity contribution is 5.33. The first-order valence-electron chi connectivity index (χ1n) is 9.21. The molecule has 0 aliphatic heterocycles. The third kappa shape index (κ3) is 4.03. The van der Waals surface area contributed by atoms with Crippen molar-refractivity contribution in [1.29, 1.82) is 10.5 Å². The summed E-state index contributed by atoms with van der Waals surface area (Å²) in [6.07, 6.45) is 2.07. The van der Waals surface area contributed by atoms with Crippen molar-refractivity contribution in [2.75, 3.05) is 28.2 Å². The fourth-order valence-electron chi connectivity index (χ4n) is 3.72. The molecule has 2 unspecified atom stereocenters. The van der Waals surface area contributed by atoms with E-state index in [1.54, 1.807) is 0 Å². The monoisotopic (exact) mass is 360 g/mol. The van der Waals surface area contributed by atoms with E-state index in [1.807, 2.05) is 98.7 Å². The van der Waals surface area contributed by atoms with E-state index in [2.05, 4.69) is 12.1 Å². The highest BCUT2D eigenvalue weighted by Gasteiger charge is 2.38. The molecule has 2 rings (SSSR count). The van der Waals surface area contributed by atoms with Crippen molar-refractivity contribution in [3.05, 3.63) is 71.8 Å². The van der Waals surface area contributed by atoms with E-state index in [-0.39, 0.29) is 0 Å². The maximum Gasteiger partial charge on any atom is 0.134 e. The molecule has 0 spiro atoms. The van der Waals surface area contributed by atoms with Crippen molar-refractivity contribution in [2.45, 2.75) is 30.3 Å². The van der Waals surface area contributed by atoms with E-state index in [0.29, 0.717) is 12.8 Å². The lowest BCUT2D eigenvalue weighted by molar-refractivity contribution is 0.165. The van der Waals surface area contributed by atoms with Gasteiger partial charge in [-0.1, -0.05) is 60.7 Å². The fraction of sp³-hybridized carbons (Fsp3) is 0.391. The van der Waals surface area contributed by atoms with Crippen molar-refractivity contribution >= 4 is 0 Å². The highest BCUT2D eigenvalue weighted by atomic mass is 15.2. The van der Waals surface area contributed by atoms with Gasteiger partial charge in [-0.25, -0.2) is 0 Å². The molecule has 2 aromatic carbocycles. The molecule has 0 heterocycles. The van der Waals surface area contributed by atoms with Crippen molar-refractivity contribution in [1.82, 2.24) is 9.80 Å². The van der Waals surface area contributed by atoms with Gasteiger partial charge < -0.3 is 0 Å². The van der Waals surface area contributed by atoms with Gasteiger partial charge >= 0.3 is 0 Å². The summed E-state index contributed by atoms with van der Waals surface area (Å²) in [6, 6.07) is 24.9. The summed E-state index contributed by atoms with van der Waals surface area (Å²) in [5.41, 5.74) is 0.575. The number of benzene rings is 2. The van der Waals surface area contributed by atoms with Crippen LogP contribution in [0, 0.1) is 22.7 Å². The van der Waals surface area contributed by atoms with Gasteiger partial charge in [0, 0.05) is 0 Å². The molecule has 4 heteroatoms. The summed E-state index contributed by atoms with van der Waals surface area (Å²) >= 11 is 0. The predicted molar refractivity (Wildman–Crippen MR) is 109 cm³/mol. The van der Waals surface area contributed by atoms with Gasteiger partial charge in [-0.3, -0.25) is 9.80 Å². The first-order chi connectivity index (χ1) is 12.9. The Morgan fingerprint density at radius 3 is 1.26 bits per heavy atom. The zero-order valence-electron chi connectivity index (χ0n) is 16.7. The topological polar surface area (TPSA) is 54.1 Å². The second-order valence-electron chi connectivity index (χ2n) is 7.32. The minimum atomic E-state index is -0.703. The van der Waals surface area contributed by atoms with Gasteiger partial charge in [0.2, 0.25) is 0 Å². The van der Waals surface area contributed by atoms with E-state index < -0.39 is 11.1 Å². The lowest BCUT2D eigenvalue weighted by Crippen LogP contribution is -2.42. The molecule has 0 saturated heterocycles. The van der Waals surface area contributed by atoms with Gasteiger partial charge in [-0.05, 0) is 58.6 Å². The van der Waals surface area contributed by atoms with Gasteiger partial charge in [-0.2, -0.15) is 10.5 Å². The summed E-state index contributed by atoms with van der Waals surface area (Å²) in [7, 11) is 7.77. The first-order valence-corrected chi connectivity index (χ1v) is 9.21. The normalized spacial score (nSPS) is 15.6. The van der Waals surface area contributed by atoms with Crippen molar-refractivity contribution < 1.29 is 0 Å². The molecule has 0 aromatic heterocycles. The largest absolute Gasteiger partial charge is 0.288 e. The lowest BCUT2D eigenvalue weighted by atomic mass is 9.80. The molecular formula is C23H28N4. The zero-order valence-corrected chi connectivity index (χ0v) is 16.7. The molecule has 0 aliphatic carbocycles. The Bertz CT molecular complexity index is 732. The number of rotatable bonds is 8. The Labute approximate surface area is 163 Å². The average molecular weight is 361 g/mol. The highest BCUT2D eigenvalue weighted by Crippen LogP contribution is 2.36. The van der Waals surface area contributed by atoms with Gasteiger partial charge in [-0.15, -0.1) is 0 Å². The third-order valence-electron chi connectivity index (χ3n) is 5.48. The van der Waals surface area contributed by atoms with Crippen LogP contribution in [0.15, 0.2) is 60.7 Å². The average Bonchev–Trinajstić information content (AvgIpc) is 2.69. The molecule has 2 atom stereocenters. The number of hydrogen-bond donors (Lipinski definition) is 0. The summed E-state index contributed by atoms with van der Waals surface area (Å²) < 4.78 is 0. The van der Waals surface area contributed by atoms with Crippen LogP contribution < -0.4 is 0 Å². The molecule has 4 nitrogen and oxygen atoms in total. The minimum Gasteiger partial charge on any atom is -0.288 e. The Hall–Kier alpha value is -2.66. The van der Waals surface area contributed by atoms with Crippen LogP contribution in [-0.2, 0) is 11.1 Å². The van der Waals surface area contributed by atoms with Gasteiger partial charge in [0.1, 0.15) is 11.1 Å². The van der Waals surface area contributed by atoms with Gasteiger partial charge in [0.15, 0.2) is 0 Å². The Kier molecular flexibility index (Phi) is 6.75. The number of hydrogen-bond acceptors (Lipinski definition) is 4. The SMILES string of the molecule is CN(C)C(C#N)(CCCC(C#N)(c1ccccc1)N(C)C)c1ccccc1. The molecule has 140 valence electrons. The smallest absolute Gasteiger partial charge is 0.134 e. The maximum absolute atomic E-state index is 10.0. The summed E-state index contributed by atoms with van der Waals surface area (Å²) in [4.78, 5) is 3.96. The summed E-state index contributed by atoms with van der Waals surface area (Å²) in [5, 5.41) is 20.1. The van der Waals surface area contributed by atoms with E-state index in [9.17, 15) is 10.5 Å². The standard InChI is InChI=1S/C23H28N4/c1-26(2)22(18-24,20-12-7-5-8-13-20)16-11-17-23(19-25,27(3)4)21-14-9-6-10-15-21/h5-10,12-15H,11,16-17H2,1-4H3. The second kappa shape index (κ2) is 8.82. The Balaban J connectivity index is 2.30. The third-order valence-corrected chi connectivity index (χ3v) is 5.48. The zero-order chi connectivity index (χ0) is 19.9. The summed E-state index contributed by atoms with van der Waals surface area (Å²) in [6.45, 7) is 0. The molecule has 0 fully saturated rings. The first kappa shape index (κ1) is 20.6. The van der Waals surface area contributed by atoms with Crippen LogP contribution in [0.4, 0.5) is 0 Å². The Morgan fingerprint density at radius 2 is 1.00 bits per heavy atom. The minimum absolute atomic E-state index is 0.657. The van der Waals surface area contributed by atoms with Crippen LogP contribution in [0.2, 0.25) is 0 Å². The Morgan fingerprint density at radius 1 is 0.667 bits per heavy atom. The van der Waals surface area contributed by atoms with Crippen molar-refractivity contribution in [2.24, 2.45) is 0 Å². The number of nitriles is 2. The molecule has 0 bridgehead atoms. The summed E-state index contributed by atoms with van der Waals surface area (Å²) in [5.74, 6) is 0. The van der Waals surface area contributed by atoms with Gasteiger partial charge in [0.25, 0.3) is 0 Å². The van der Waals surface area contributed by atoms with Crippen LogP contribution in [0.25, 0.3) is 0 Å². The van der Waals surface area contributed by atoms with E-state index in [1.165, 1.54) is 0 Å². The predicted octanol–water partition coefficient (Wildman–Crippen LogP) is 4.12. The van der Waals surface area contributed by atoms with Crippen LogP contribution in [0.5, 0.6) is 0 Å². The number of nitrogens with zero attached hydrogens (tertiary/aromatic N) is 4. The van der Waals surface area contributed by atoms with Crippen molar-refractivity contribution in [3.8, 4) is 12.1 Å². The molecule has 2 aromatic rings. The second-order valence-corrected chi connectivity index (χ2v) is 7.32. The van der Waals surface area contributed by atoms with Crippen LogP contribution in [0.1, 0.15) is 30.4 Å². The maximum atomic E-state index is 10.0. The van der Waals surface area contributed by atoms with Gasteiger partial charge in [0.05, 0.1) is 12.1 Å². The molecule has 0 radical (unpaired) electrons. The fourth-order valence-corrected chi connectivity index (χ4v) is 3.72. The van der Waals surface area contributed by atoms with Crippen LogP contribution in [0.3, 0.4) is 0 Å².